The molecule has 6 heteroatoms. The molecule has 1 aliphatic rings. The first-order valence-corrected chi connectivity index (χ1v) is 5.13. The Labute approximate surface area is 94.7 Å². The number of ether oxygens (including phenoxy) is 1. The van der Waals surface area contributed by atoms with Gasteiger partial charge in [-0.1, -0.05) is 0 Å². The normalized spacial score (nSPS) is 20.6. The molecule has 0 aromatic heterocycles. The van der Waals surface area contributed by atoms with Crippen molar-refractivity contribution < 1.29 is 24.2 Å². The van der Waals surface area contributed by atoms with Gasteiger partial charge in [-0.15, -0.1) is 9.60 Å². The van der Waals surface area contributed by atoms with Gasteiger partial charge in [-0.05, 0) is 20.8 Å². The van der Waals surface area contributed by atoms with Crippen LogP contribution in [0.4, 0.5) is 4.48 Å². The molecule has 0 spiro atoms. The smallest absolute Gasteiger partial charge is 0.293 e. The number of halogens is 1. The average Bonchev–Trinajstić information content (AvgIpc) is 2.09. The molecule has 96 valence electrons. The molecule has 1 aliphatic heterocycles. The average molecular weight is 237 g/mol. The summed E-state index contributed by atoms with van der Waals surface area (Å²) in [5.41, 5.74) is -0.318. The van der Waals surface area contributed by atoms with Gasteiger partial charge in [0.25, 0.3) is 6.47 Å². The van der Waals surface area contributed by atoms with Crippen molar-refractivity contribution >= 4 is 6.47 Å². The third-order valence-electron chi connectivity index (χ3n) is 1.91. The van der Waals surface area contributed by atoms with Crippen molar-refractivity contribution in [1.82, 2.24) is 5.12 Å². The van der Waals surface area contributed by atoms with E-state index in [2.05, 4.69) is 4.74 Å². The van der Waals surface area contributed by atoms with Crippen molar-refractivity contribution in [1.29, 1.82) is 0 Å². The lowest BCUT2D eigenvalue weighted by atomic mass is 10.1. The third kappa shape index (κ3) is 8.58. The summed E-state index contributed by atoms with van der Waals surface area (Å²) in [6.07, 6.45) is 0.201. The Hall–Kier alpha value is -0.720. The summed E-state index contributed by atoms with van der Waals surface area (Å²) in [5.74, 6) is -1.62. The number of hydrogen-bond donors (Lipinski definition) is 2. The number of carbonyl (C=O) groups is 1. The predicted octanol–water partition coefficient (Wildman–Crippen LogP) is 0.605. The molecule has 0 aliphatic carbocycles. The maximum absolute atomic E-state index is 12.1. The van der Waals surface area contributed by atoms with Crippen molar-refractivity contribution in [2.24, 2.45) is 0 Å². The predicted molar refractivity (Wildman–Crippen MR) is 56.0 cm³/mol. The molecule has 0 radical (unpaired) electrons. The highest BCUT2D eigenvalue weighted by molar-refractivity contribution is 5.37. The van der Waals surface area contributed by atoms with Gasteiger partial charge in [0.15, 0.2) is 5.79 Å². The minimum Gasteiger partial charge on any atom is -0.462 e. The third-order valence-corrected chi connectivity index (χ3v) is 1.91. The van der Waals surface area contributed by atoms with Crippen LogP contribution in [0, 0.1) is 0 Å². The number of nitrogens with zero attached hydrogens (tertiary/aromatic N) is 1. The molecule has 0 bridgehead atoms. The second-order valence-corrected chi connectivity index (χ2v) is 4.72. The van der Waals surface area contributed by atoms with Crippen molar-refractivity contribution in [3.8, 4) is 0 Å². The van der Waals surface area contributed by atoms with Crippen molar-refractivity contribution in [2.75, 3.05) is 13.1 Å². The lowest BCUT2D eigenvalue weighted by Gasteiger charge is -2.29. The first-order chi connectivity index (χ1) is 7.16. The van der Waals surface area contributed by atoms with E-state index in [1.54, 1.807) is 0 Å². The highest BCUT2D eigenvalue weighted by atomic mass is 19.2. The molecular formula is C10H20FNO4. The van der Waals surface area contributed by atoms with Crippen molar-refractivity contribution in [3.63, 3.8) is 0 Å². The van der Waals surface area contributed by atoms with Gasteiger partial charge in [0.05, 0.1) is 0 Å². The summed E-state index contributed by atoms with van der Waals surface area (Å²) >= 11 is 0. The summed E-state index contributed by atoms with van der Waals surface area (Å²) in [7, 11) is 0. The molecule has 2 N–H and O–H groups in total. The van der Waals surface area contributed by atoms with Gasteiger partial charge in [0, 0.05) is 25.9 Å². The Balaban J connectivity index is 0.000000293. The largest absolute Gasteiger partial charge is 0.462 e. The van der Waals surface area contributed by atoms with Crippen LogP contribution >= 0.6 is 0 Å². The Morgan fingerprint density at radius 2 is 1.75 bits per heavy atom. The molecule has 1 heterocycles. The second-order valence-electron chi connectivity index (χ2n) is 4.72. The highest BCUT2D eigenvalue weighted by Gasteiger charge is 2.29. The summed E-state index contributed by atoms with van der Waals surface area (Å²) in [6, 6.07) is 0. The summed E-state index contributed by atoms with van der Waals surface area (Å²) in [4.78, 5) is 9.60. The first kappa shape index (κ1) is 15.3. The van der Waals surface area contributed by atoms with Gasteiger partial charge >= 0.3 is 0 Å². The van der Waals surface area contributed by atoms with E-state index >= 15 is 0 Å². The fraction of sp³-hybridized carbons (Fsp3) is 0.900. The standard InChI is InChI=1S/C5H10FNO2.C5H10O2/c6-7-3-1-5(8,9)2-4-7;1-5(2,3)7-4-6/h8-9H,1-4H2;4H,1-3H3. The van der Waals surface area contributed by atoms with E-state index in [0.717, 1.165) is 0 Å². The fourth-order valence-corrected chi connectivity index (χ4v) is 0.982. The fourth-order valence-electron chi connectivity index (χ4n) is 0.982. The molecule has 1 rings (SSSR count). The Kier molecular flexibility index (Phi) is 5.85. The van der Waals surface area contributed by atoms with E-state index in [0.29, 0.717) is 11.6 Å². The molecule has 0 saturated carbocycles. The Morgan fingerprint density at radius 1 is 1.31 bits per heavy atom. The first-order valence-electron chi connectivity index (χ1n) is 5.13. The quantitative estimate of drug-likeness (QED) is 0.397. The van der Waals surface area contributed by atoms with Gasteiger partial charge < -0.3 is 14.9 Å². The molecular weight excluding hydrogens is 217 g/mol. The van der Waals surface area contributed by atoms with Gasteiger partial charge in [-0.3, -0.25) is 4.79 Å². The minimum atomic E-state index is -1.62. The van der Waals surface area contributed by atoms with E-state index in [9.17, 15) is 9.28 Å². The maximum atomic E-state index is 12.1. The van der Waals surface area contributed by atoms with Crippen LogP contribution in [0.3, 0.4) is 0 Å². The SMILES string of the molecule is CC(C)(C)OC=O.OC1(O)CCN(F)CC1. The lowest BCUT2D eigenvalue weighted by Crippen LogP contribution is -2.40. The number of aliphatic hydroxyl groups is 2. The summed E-state index contributed by atoms with van der Waals surface area (Å²) in [5, 5.41) is 18.3. The van der Waals surface area contributed by atoms with E-state index in [1.807, 2.05) is 20.8 Å². The van der Waals surface area contributed by atoms with Gasteiger partial charge in [-0.25, -0.2) is 0 Å². The topological polar surface area (TPSA) is 70.0 Å². The lowest BCUT2D eigenvalue weighted by molar-refractivity contribution is -0.206. The van der Waals surface area contributed by atoms with Crippen LogP contribution in [0.15, 0.2) is 0 Å². The molecule has 0 aromatic carbocycles. The minimum absolute atomic E-state index is 0.101. The van der Waals surface area contributed by atoms with Crippen LogP contribution in [0.2, 0.25) is 0 Å². The zero-order chi connectivity index (χ0) is 12.8. The monoisotopic (exact) mass is 237 g/mol. The van der Waals surface area contributed by atoms with E-state index in [1.165, 1.54) is 0 Å². The number of rotatable bonds is 1. The zero-order valence-corrected chi connectivity index (χ0v) is 9.94. The Morgan fingerprint density at radius 3 is 1.94 bits per heavy atom. The second kappa shape index (κ2) is 6.12. The number of hydrogen-bond acceptors (Lipinski definition) is 5. The van der Waals surface area contributed by atoms with Crippen LogP contribution in [0.1, 0.15) is 33.6 Å². The maximum Gasteiger partial charge on any atom is 0.293 e. The molecule has 1 fully saturated rings. The summed E-state index contributed by atoms with van der Waals surface area (Å²) in [6.45, 7) is 6.16. The van der Waals surface area contributed by atoms with Gasteiger partial charge in [-0.2, -0.15) is 0 Å². The van der Waals surface area contributed by atoms with Crippen molar-refractivity contribution in [3.05, 3.63) is 0 Å². The van der Waals surface area contributed by atoms with Crippen LogP contribution < -0.4 is 0 Å². The van der Waals surface area contributed by atoms with Gasteiger partial charge in [0.2, 0.25) is 0 Å². The van der Waals surface area contributed by atoms with Crippen LogP contribution in [-0.2, 0) is 9.53 Å². The number of carbonyl (C=O) groups excluding carboxylic acids is 1. The van der Waals surface area contributed by atoms with E-state index < -0.39 is 5.79 Å². The molecule has 0 aromatic rings. The molecule has 0 atom stereocenters. The number of piperidine rings is 1. The van der Waals surface area contributed by atoms with Crippen molar-refractivity contribution in [2.45, 2.75) is 45.0 Å². The van der Waals surface area contributed by atoms with E-state index in [-0.39, 0.29) is 31.5 Å². The Bertz CT molecular complexity index is 205. The summed E-state index contributed by atoms with van der Waals surface area (Å²) < 4.78 is 16.7. The molecule has 1 saturated heterocycles. The molecule has 5 nitrogen and oxygen atoms in total. The van der Waals surface area contributed by atoms with Gasteiger partial charge in [0.1, 0.15) is 5.60 Å². The van der Waals surface area contributed by atoms with Crippen LogP contribution in [-0.4, -0.2) is 46.3 Å². The zero-order valence-electron chi connectivity index (χ0n) is 9.94. The highest BCUT2D eigenvalue weighted by Crippen LogP contribution is 2.18. The molecule has 0 amide bonds. The van der Waals surface area contributed by atoms with E-state index in [4.69, 9.17) is 10.2 Å². The molecule has 16 heavy (non-hydrogen) atoms. The molecule has 0 unspecified atom stereocenters. The van der Waals surface area contributed by atoms with Crippen LogP contribution in [0.5, 0.6) is 0 Å². The van der Waals surface area contributed by atoms with Crippen LogP contribution in [0.25, 0.3) is 0 Å².